The van der Waals surface area contributed by atoms with Crippen LogP contribution >= 0.6 is 11.6 Å². The molecule has 0 amide bonds. The van der Waals surface area contributed by atoms with Crippen LogP contribution in [0.1, 0.15) is 18.1 Å². The Balaban J connectivity index is 2.38. The quantitative estimate of drug-likeness (QED) is 0.286. The molecule has 0 bridgehead atoms. The first-order valence-corrected chi connectivity index (χ1v) is 7.74. The first-order chi connectivity index (χ1) is 13.0. The fraction of sp³-hybridized carbons (Fsp3) is 0.188. The van der Waals surface area contributed by atoms with Gasteiger partial charge in [0.05, 0.1) is 17.8 Å². The van der Waals surface area contributed by atoms with Crippen molar-refractivity contribution in [1.29, 1.82) is 0 Å². The van der Waals surface area contributed by atoms with Crippen LogP contribution in [0.25, 0.3) is 0 Å². The van der Waals surface area contributed by atoms with Crippen molar-refractivity contribution in [3.05, 3.63) is 51.6 Å². The molecule has 152 valence electrons. The molecular weight excluding hydrogens is 421 g/mol. The van der Waals surface area contributed by atoms with E-state index in [1.54, 1.807) is 12.3 Å². The zero-order chi connectivity index (χ0) is 21.2. The van der Waals surface area contributed by atoms with Crippen LogP contribution in [-0.4, -0.2) is 17.9 Å². The molecule has 28 heavy (non-hydrogen) atoms. The molecule has 2 rings (SSSR count). The zero-order valence-electron chi connectivity index (χ0n) is 13.8. The topological polar surface area (TPSA) is 53.8 Å². The van der Waals surface area contributed by atoms with Gasteiger partial charge >= 0.3 is 6.18 Å². The molecule has 0 atom stereocenters. The van der Waals surface area contributed by atoms with Gasteiger partial charge in [0.1, 0.15) is 11.3 Å². The smallest absolute Gasteiger partial charge is 0.422 e. The van der Waals surface area contributed by atoms with Crippen LogP contribution in [0.5, 0.6) is 11.5 Å². The molecule has 2 aromatic carbocycles. The summed E-state index contributed by atoms with van der Waals surface area (Å²) in [7, 11) is 0. The molecular formula is C16H10ClF7N2O2. The normalized spacial score (nSPS) is 11.9. The lowest BCUT2D eigenvalue weighted by Gasteiger charge is -2.13. The molecule has 0 saturated heterocycles. The monoisotopic (exact) mass is 430 g/mol. The number of phenolic OH excluding ortho intramolecular Hbond substituents is 1. The lowest BCUT2D eigenvalue weighted by molar-refractivity contribution is -0.143. The van der Waals surface area contributed by atoms with Crippen LogP contribution in [0, 0.1) is 23.3 Å². The molecule has 2 aromatic rings. The molecule has 4 nitrogen and oxygen atoms in total. The molecule has 12 heteroatoms. The number of hydrogen-bond acceptors (Lipinski definition) is 4. The van der Waals surface area contributed by atoms with E-state index in [0.29, 0.717) is 0 Å². The fourth-order valence-electron chi connectivity index (χ4n) is 2.08. The Morgan fingerprint density at radius 1 is 1.11 bits per heavy atom. The van der Waals surface area contributed by atoms with E-state index in [9.17, 15) is 35.8 Å². The van der Waals surface area contributed by atoms with Crippen molar-refractivity contribution in [2.24, 2.45) is 5.10 Å². The second-order valence-electron chi connectivity index (χ2n) is 5.16. The summed E-state index contributed by atoms with van der Waals surface area (Å²) in [6.45, 7) is 1.79. The lowest BCUT2D eigenvalue weighted by atomic mass is 10.1. The molecule has 2 N–H and O–H groups in total. The molecule has 0 aromatic heterocycles. The van der Waals surface area contributed by atoms with Gasteiger partial charge in [-0.2, -0.15) is 18.3 Å². The third kappa shape index (κ3) is 4.24. The highest BCUT2D eigenvalue weighted by Gasteiger charge is 2.42. The summed E-state index contributed by atoms with van der Waals surface area (Å²) < 4.78 is 97.3. The largest absolute Gasteiger partial charge is 0.503 e. The minimum Gasteiger partial charge on any atom is -0.503 e. The minimum atomic E-state index is -5.64. The number of hydrazone groups is 1. The maximum absolute atomic E-state index is 13.7. The van der Waals surface area contributed by atoms with Gasteiger partial charge in [-0.05, 0) is 24.6 Å². The van der Waals surface area contributed by atoms with Crippen LogP contribution in [0.15, 0.2) is 17.2 Å². The summed E-state index contributed by atoms with van der Waals surface area (Å²) in [5, 5.41) is 12.8. The second kappa shape index (κ2) is 8.13. The Morgan fingerprint density at radius 3 is 2.18 bits per heavy atom. The fourth-order valence-corrected chi connectivity index (χ4v) is 2.30. The van der Waals surface area contributed by atoms with E-state index >= 15 is 0 Å². The van der Waals surface area contributed by atoms with E-state index in [1.807, 2.05) is 0 Å². The molecule has 0 heterocycles. The van der Waals surface area contributed by atoms with Crippen LogP contribution < -0.4 is 10.2 Å². The van der Waals surface area contributed by atoms with Crippen LogP contribution in [0.4, 0.5) is 36.4 Å². The molecule has 0 spiro atoms. The van der Waals surface area contributed by atoms with Crippen LogP contribution in [0.3, 0.4) is 0 Å². The summed E-state index contributed by atoms with van der Waals surface area (Å²) in [6.07, 6.45) is -4.77. The third-order valence-electron chi connectivity index (χ3n) is 3.29. The molecule has 0 fully saturated rings. The second-order valence-corrected chi connectivity index (χ2v) is 5.56. The predicted octanol–water partition coefficient (Wildman–Crippen LogP) is 5.47. The van der Waals surface area contributed by atoms with E-state index in [1.165, 1.54) is 12.1 Å². The van der Waals surface area contributed by atoms with Gasteiger partial charge in [0.15, 0.2) is 34.8 Å². The first kappa shape index (κ1) is 21.6. The minimum absolute atomic E-state index is 0.0413. The average molecular weight is 431 g/mol. The van der Waals surface area contributed by atoms with E-state index in [2.05, 4.69) is 5.10 Å². The van der Waals surface area contributed by atoms with Crippen molar-refractivity contribution in [2.75, 3.05) is 12.0 Å². The number of anilines is 1. The number of rotatable bonds is 5. The number of hydrogen-bond donors (Lipinski definition) is 2. The number of benzene rings is 2. The Morgan fingerprint density at radius 2 is 1.68 bits per heavy atom. The third-order valence-corrected chi connectivity index (χ3v) is 3.58. The summed E-state index contributed by atoms with van der Waals surface area (Å²) >= 11 is 5.77. The summed E-state index contributed by atoms with van der Waals surface area (Å²) in [6, 6.07) is 2.40. The number of ether oxygens (including phenoxy) is 1. The highest BCUT2D eigenvalue weighted by Crippen LogP contribution is 2.38. The highest BCUT2D eigenvalue weighted by atomic mass is 35.5. The van der Waals surface area contributed by atoms with Crippen molar-refractivity contribution < 1.29 is 40.6 Å². The van der Waals surface area contributed by atoms with E-state index in [4.69, 9.17) is 16.3 Å². The van der Waals surface area contributed by atoms with E-state index < -0.39 is 40.7 Å². The van der Waals surface area contributed by atoms with Crippen LogP contribution in [0.2, 0.25) is 5.02 Å². The molecule has 0 aliphatic carbocycles. The van der Waals surface area contributed by atoms with Gasteiger partial charge in [-0.25, -0.2) is 17.6 Å². The van der Waals surface area contributed by atoms with Gasteiger partial charge in [-0.15, -0.1) is 0 Å². The van der Waals surface area contributed by atoms with Crippen molar-refractivity contribution in [3.8, 4) is 11.5 Å². The number of nitrogens with zero attached hydrogens (tertiary/aromatic N) is 1. The molecule has 0 radical (unpaired) electrons. The van der Waals surface area contributed by atoms with Crippen molar-refractivity contribution in [3.63, 3.8) is 0 Å². The van der Waals surface area contributed by atoms with E-state index in [-0.39, 0.29) is 28.7 Å². The maximum Gasteiger partial charge on any atom is 0.422 e. The number of phenols is 1. The summed E-state index contributed by atoms with van der Waals surface area (Å²) in [5.74, 6) is -10.3. The van der Waals surface area contributed by atoms with Gasteiger partial charge in [-0.3, -0.25) is 5.43 Å². The average Bonchev–Trinajstić information content (AvgIpc) is 2.59. The molecule has 0 saturated carbocycles. The maximum atomic E-state index is 13.7. The number of aromatic hydroxyl groups is 1. The van der Waals surface area contributed by atoms with Gasteiger partial charge < -0.3 is 9.84 Å². The Labute approximate surface area is 158 Å². The number of nitrogens with one attached hydrogen (secondary N) is 1. The zero-order valence-corrected chi connectivity index (χ0v) is 14.5. The Bertz CT molecular complexity index is 903. The Hall–Kier alpha value is -2.69. The molecule has 0 aliphatic heterocycles. The van der Waals surface area contributed by atoms with Crippen LogP contribution in [-0.2, 0) is 6.18 Å². The SMILES string of the molecule is CCOc1cc(/C=N/Nc2c(F)c(F)c(C(F)(F)F)c(F)c2F)cc(Cl)c1O. The van der Waals surface area contributed by atoms with E-state index in [0.717, 1.165) is 6.21 Å². The standard InChI is InChI=1S/C16H10ClF7N2O2/c1-2-28-8-4-6(3-7(17)15(8)27)5-25-26-14-12(20)10(18)9(16(22,23)24)11(19)13(14)21/h3-5,26-27H,2H2,1H3/b25-5+. The van der Waals surface area contributed by atoms with Crippen molar-refractivity contribution in [2.45, 2.75) is 13.1 Å². The van der Waals surface area contributed by atoms with Gasteiger partial charge in [0.2, 0.25) is 0 Å². The van der Waals surface area contributed by atoms with Gasteiger partial charge in [-0.1, -0.05) is 11.6 Å². The summed E-state index contributed by atoms with van der Waals surface area (Å²) in [4.78, 5) is 0. The number of halogens is 8. The Kier molecular flexibility index (Phi) is 6.27. The highest BCUT2D eigenvalue weighted by molar-refractivity contribution is 6.32. The van der Waals surface area contributed by atoms with Gasteiger partial charge in [0, 0.05) is 0 Å². The lowest BCUT2D eigenvalue weighted by Crippen LogP contribution is -2.16. The number of alkyl halides is 3. The first-order valence-electron chi connectivity index (χ1n) is 7.36. The van der Waals surface area contributed by atoms with Gasteiger partial charge in [0.25, 0.3) is 0 Å². The van der Waals surface area contributed by atoms with Crippen molar-refractivity contribution in [1.82, 2.24) is 0 Å². The predicted molar refractivity (Wildman–Crippen MR) is 86.8 cm³/mol. The molecule has 0 unspecified atom stereocenters. The summed E-state index contributed by atoms with van der Waals surface area (Å²) in [5.41, 5.74) is -2.52. The molecule has 0 aliphatic rings. The van der Waals surface area contributed by atoms with Crippen molar-refractivity contribution >= 4 is 23.5 Å².